The monoisotopic (exact) mass is 380 g/mol. The molecule has 1 aromatic carbocycles. The summed E-state index contributed by atoms with van der Waals surface area (Å²) in [5.41, 5.74) is 3.12. The van der Waals surface area contributed by atoms with E-state index in [0.29, 0.717) is 28.4 Å². The molecule has 5 nitrogen and oxygen atoms in total. The van der Waals surface area contributed by atoms with Gasteiger partial charge < -0.3 is 9.67 Å². The number of ketones is 1. The molecule has 3 aromatic rings. The quantitative estimate of drug-likeness (QED) is 0.550. The Morgan fingerprint density at radius 2 is 2.04 bits per heavy atom. The van der Waals surface area contributed by atoms with Gasteiger partial charge in [0.25, 0.3) is 5.56 Å². The van der Waals surface area contributed by atoms with E-state index in [1.54, 1.807) is 17.6 Å². The Morgan fingerprint density at radius 3 is 2.78 bits per heavy atom. The minimum atomic E-state index is -1.58. The lowest BCUT2D eigenvalue weighted by Gasteiger charge is -2.20. The molecular formula is C21H17ClN2O3. The van der Waals surface area contributed by atoms with E-state index < -0.39 is 5.60 Å². The summed E-state index contributed by atoms with van der Waals surface area (Å²) in [6, 6.07) is 7.61. The first kappa shape index (κ1) is 16.7. The van der Waals surface area contributed by atoms with Crippen LogP contribution in [0.3, 0.4) is 0 Å². The average molecular weight is 381 g/mol. The van der Waals surface area contributed by atoms with Crippen LogP contribution in [0.25, 0.3) is 22.3 Å². The van der Waals surface area contributed by atoms with Gasteiger partial charge in [-0.3, -0.25) is 9.59 Å². The van der Waals surface area contributed by atoms with Gasteiger partial charge in [-0.2, -0.15) is 0 Å². The molecule has 0 saturated carbocycles. The summed E-state index contributed by atoms with van der Waals surface area (Å²) in [7, 11) is 0. The number of halogens is 1. The number of fused-ring (bicyclic) bond motifs is 5. The van der Waals surface area contributed by atoms with E-state index >= 15 is 0 Å². The molecule has 1 aliphatic heterocycles. The van der Waals surface area contributed by atoms with Crippen LogP contribution in [0.2, 0.25) is 5.02 Å². The van der Waals surface area contributed by atoms with Crippen molar-refractivity contribution in [2.24, 2.45) is 0 Å². The molecule has 0 bridgehead atoms. The first-order chi connectivity index (χ1) is 12.8. The zero-order valence-electron chi connectivity index (χ0n) is 15.0. The lowest BCUT2D eigenvalue weighted by atomic mass is 9.92. The van der Waals surface area contributed by atoms with Crippen molar-refractivity contribution in [3.05, 3.63) is 61.9 Å². The molecule has 6 heteroatoms. The SMILES string of the molecule is CCC1(O)C(=O)Cc2c1cc1n(c2=O)Cc2cc3cc(Cl)c(C)cc3nc2-1. The largest absolute Gasteiger partial charge is 0.377 e. The highest BCUT2D eigenvalue weighted by atomic mass is 35.5. The van der Waals surface area contributed by atoms with Crippen molar-refractivity contribution in [2.45, 2.75) is 38.8 Å². The fourth-order valence-corrected chi connectivity index (χ4v) is 4.45. The highest BCUT2D eigenvalue weighted by molar-refractivity contribution is 6.32. The zero-order chi connectivity index (χ0) is 19.1. The predicted octanol–water partition coefficient (Wildman–Crippen LogP) is 3.11. The minimum Gasteiger partial charge on any atom is -0.377 e. The molecule has 0 amide bonds. The number of aliphatic hydroxyl groups is 1. The summed E-state index contributed by atoms with van der Waals surface area (Å²) in [6.07, 6.45) is 0.233. The number of benzene rings is 1. The van der Waals surface area contributed by atoms with Gasteiger partial charge in [0, 0.05) is 33.5 Å². The number of pyridine rings is 2. The van der Waals surface area contributed by atoms with Crippen LogP contribution in [0, 0.1) is 6.92 Å². The predicted molar refractivity (Wildman–Crippen MR) is 103 cm³/mol. The molecule has 0 fully saturated rings. The molecular weight excluding hydrogens is 364 g/mol. The second-order valence-corrected chi connectivity index (χ2v) is 7.82. The molecule has 0 radical (unpaired) electrons. The molecule has 1 atom stereocenters. The van der Waals surface area contributed by atoms with Crippen molar-refractivity contribution in [1.82, 2.24) is 9.55 Å². The molecule has 136 valence electrons. The lowest BCUT2D eigenvalue weighted by molar-refractivity contribution is -0.136. The van der Waals surface area contributed by atoms with Gasteiger partial charge in [-0.1, -0.05) is 18.5 Å². The van der Waals surface area contributed by atoms with Crippen LogP contribution in [-0.4, -0.2) is 20.4 Å². The Kier molecular flexibility index (Phi) is 3.25. The molecule has 27 heavy (non-hydrogen) atoms. The van der Waals surface area contributed by atoms with Gasteiger partial charge >= 0.3 is 0 Å². The van der Waals surface area contributed by atoms with Crippen LogP contribution in [0.1, 0.15) is 35.6 Å². The Balaban J connectivity index is 1.79. The van der Waals surface area contributed by atoms with Crippen molar-refractivity contribution in [2.75, 3.05) is 0 Å². The summed E-state index contributed by atoms with van der Waals surface area (Å²) in [5, 5.41) is 12.4. The molecule has 0 spiro atoms. The standard InChI is InChI=1S/C21H17ClN2O3/c1-3-21(27)14-8-17-19-12(9-24(17)20(26)13(14)7-18(21)25)5-11-6-15(22)10(2)4-16(11)23-19/h4-6,8,27H,3,7,9H2,1-2H3. The van der Waals surface area contributed by atoms with Crippen molar-refractivity contribution >= 4 is 28.3 Å². The third-order valence-electron chi connectivity index (χ3n) is 5.90. The number of hydrogen-bond donors (Lipinski definition) is 1. The van der Waals surface area contributed by atoms with Gasteiger partial charge in [-0.05, 0) is 43.2 Å². The van der Waals surface area contributed by atoms with Gasteiger partial charge in [-0.15, -0.1) is 0 Å². The van der Waals surface area contributed by atoms with Crippen LogP contribution < -0.4 is 5.56 Å². The lowest BCUT2D eigenvalue weighted by Crippen LogP contribution is -2.31. The highest BCUT2D eigenvalue weighted by Crippen LogP contribution is 2.40. The van der Waals surface area contributed by atoms with Crippen LogP contribution in [0.4, 0.5) is 0 Å². The van der Waals surface area contributed by atoms with Crippen molar-refractivity contribution < 1.29 is 9.90 Å². The first-order valence-corrected chi connectivity index (χ1v) is 9.34. The molecule has 1 unspecified atom stereocenters. The third kappa shape index (κ3) is 2.07. The molecule has 2 aliphatic rings. The van der Waals surface area contributed by atoms with Gasteiger partial charge in [0.2, 0.25) is 0 Å². The Hall–Kier alpha value is -2.50. The minimum absolute atomic E-state index is 0.0145. The van der Waals surface area contributed by atoms with Crippen LogP contribution in [0.15, 0.2) is 29.1 Å². The Morgan fingerprint density at radius 1 is 1.26 bits per heavy atom. The van der Waals surface area contributed by atoms with E-state index in [1.807, 2.05) is 25.1 Å². The van der Waals surface area contributed by atoms with Gasteiger partial charge in [0.15, 0.2) is 5.78 Å². The number of Topliss-reactive ketones (excluding diaryl/α,β-unsaturated/α-hetero) is 1. The number of hydrogen-bond acceptors (Lipinski definition) is 4. The summed E-state index contributed by atoms with van der Waals surface area (Å²) in [6.45, 7) is 4.09. The molecule has 5 rings (SSSR count). The number of rotatable bonds is 1. The normalized spacial score (nSPS) is 20.1. The van der Waals surface area contributed by atoms with Gasteiger partial charge in [-0.25, -0.2) is 4.98 Å². The maximum atomic E-state index is 13.0. The number of aryl methyl sites for hydroxylation is 1. The van der Waals surface area contributed by atoms with Crippen molar-refractivity contribution in [3.63, 3.8) is 0 Å². The topological polar surface area (TPSA) is 72.2 Å². The Labute approximate surface area is 160 Å². The van der Waals surface area contributed by atoms with E-state index in [9.17, 15) is 14.7 Å². The van der Waals surface area contributed by atoms with E-state index in [-0.39, 0.29) is 24.2 Å². The van der Waals surface area contributed by atoms with Crippen LogP contribution in [-0.2, 0) is 23.4 Å². The molecule has 1 N–H and O–H groups in total. The van der Waals surface area contributed by atoms with E-state index in [0.717, 1.165) is 27.7 Å². The second-order valence-electron chi connectivity index (χ2n) is 7.42. The number of nitrogens with zero attached hydrogens (tertiary/aromatic N) is 2. The third-order valence-corrected chi connectivity index (χ3v) is 6.31. The molecule has 3 heterocycles. The maximum Gasteiger partial charge on any atom is 0.255 e. The van der Waals surface area contributed by atoms with Crippen LogP contribution in [0.5, 0.6) is 0 Å². The van der Waals surface area contributed by atoms with Gasteiger partial charge in [0.05, 0.1) is 23.4 Å². The number of carbonyl (C=O) groups excluding carboxylic acids is 1. The highest BCUT2D eigenvalue weighted by Gasteiger charge is 2.46. The summed E-state index contributed by atoms with van der Waals surface area (Å²) >= 11 is 6.24. The van der Waals surface area contributed by atoms with E-state index in [2.05, 4.69) is 0 Å². The number of aromatic nitrogens is 2. The van der Waals surface area contributed by atoms with E-state index in [1.165, 1.54) is 0 Å². The average Bonchev–Trinajstić information content (AvgIpc) is 3.12. The smallest absolute Gasteiger partial charge is 0.255 e. The summed E-state index contributed by atoms with van der Waals surface area (Å²) < 4.78 is 1.65. The van der Waals surface area contributed by atoms with E-state index in [4.69, 9.17) is 16.6 Å². The Bertz CT molecular complexity index is 1240. The molecule has 1 aliphatic carbocycles. The second kappa shape index (κ2) is 5.27. The molecule has 0 saturated heterocycles. The maximum absolute atomic E-state index is 13.0. The summed E-state index contributed by atoms with van der Waals surface area (Å²) in [5.74, 6) is -0.307. The van der Waals surface area contributed by atoms with Crippen LogP contribution >= 0.6 is 11.6 Å². The van der Waals surface area contributed by atoms with Crippen molar-refractivity contribution in [3.8, 4) is 11.4 Å². The molecule has 2 aromatic heterocycles. The fourth-order valence-electron chi connectivity index (χ4n) is 4.28. The van der Waals surface area contributed by atoms with Gasteiger partial charge in [0.1, 0.15) is 5.60 Å². The first-order valence-electron chi connectivity index (χ1n) is 8.96. The van der Waals surface area contributed by atoms with Crippen molar-refractivity contribution in [1.29, 1.82) is 0 Å². The zero-order valence-corrected chi connectivity index (χ0v) is 15.7. The summed E-state index contributed by atoms with van der Waals surface area (Å²) in [4.78, 5) is 30.1. The fraction of sp³-hybridized carbons (Fsp3) is 0.286. The number of carbonyl (C=O) groups is 1.